The molecule has 2 heterocycles. The summed E-state index contributed by atoms with van der Waals surface area (Å²) in [4.78, 5) is 19.0. The van der Waals surface area contributed by atoms with Gasteiger partial charge in [0.1, 0.15) is 5.69 Å². The average Bonchev–Trinajstić information content (AvgIpc) is 3.02. The Hall–Kier alpha value is -1.60. The minimum Gasteiger partial charge on any atom is -0.480 e. The first-order valence-corrected chi connectivity index (χ1v) is 7.56. The fourth-order valence-corrected chi connectivity index (χ4v) is 2.84. The van der Waals surface area contributed by atoms with Crippen molar-refractivity contribution >= 4 is 22.2 Å². The maximum Gasteiger partial charge on any atom is 0.237 e. The van der Waals surface area contributed by atoms with E-state index in [9.17, 15) is 4.79 Å². The number of thiazole rings is 1. The van der Waals surface area contributed by atoms with E-state index >= 15 is 0 Å². The number of likely N-dealkylation sites (N-methyl/N-ethyl adjacent to an activating group) is 1. The molecule has 0 aliphatic heterocycles. The number of amides is 1. The Morgan fingerprint density at radius 2 is 2.25 bits per heavy atom. The molecular formula is C13H20N4O2S. The van der Waals surface area contributed by atoms with Gasteiger partial charge in [0.2, 0.25) is 11.8 Å². The van der Waals surface area contributed by atoms with Gasteiger partial charge in [0.15, 0.2) is 4.96 Å². The van der Waals surface area contributed by atoms with Crippen molar-refractivity contribution in [3.8, 4) is 5.88 Å². The van der Waals surface area contributed by atoms with Crippen LogP contribution in [0.2, 0.25) is 0 Å². The maximum atomic E-state index is 11.9. The van der Waals surface area contributed by atoms with Crippen LogP contribution in [0.4, 0.5) is 0 Å². The first-order valence-electron chi connectivity index (χ1n) is 6.68. The Morgan fingerprint density at radius 1 is 1.50 bits per heavy atom. The number of aromatic nitrogens is 2. The summed E-state index contributed by atoms with van der Waals surface area (Å²) in [5, 5.41) is 5.14. The molecule has 0 aliphatic carbocycles. The molecule has 0 aromatic carbocycles. The zero-order valence-electron chi connectivity index (χ0n) is 12.0. The van der Waals surface area contributed by atoms with Gasteiger partial charge >= 0.3 is 0 Å². The number of methoxy groups -OCH3 is 1. The van der Waals surface area contributed by atoms with E-state index in [0.29, 0.717) is 19.0 Å². The molecule has 0 saturated heterocycles. The lowest BCUT2D eigenvalue weighted by Gasteiger charge is -2.18. The molecule has 0 spiro atoms. The first kappa shape index (κ1) is 14.8. The third kappa shape index (κ3) is 2.94. The van der Waals surface area contributed by atoms with Gasteiger partial charge in [-0.15, -0.1) is 11.3 Å². The summed E-state index contributed by atoms with van der Waals surface area (Å²) < 4.78 is 7.26. The van der Waals surface area contributed by atoms with Crippen molar-refractivity contribution in [2.24, 2.45) is 0 Å². The summed E-state index contributed by atoms with van der Waals surface area (Å²) in [7, 11) is 1.61. The summed E-state index contributed by atoms with van der Waals surface area (Å²) in [6.07, 6.45) is 1.96. The predicted octanol–water partition coefficient (Wildman–Crippen LogP) is 1.36. The molecule has 2 rings (SSSR count). The third-order valence-corrected chi connectivity index (χ3v) is 3.96. The summed E-state index contributed by atoms with van der Waals surface area (Å²) in [5.74, 6) is 0.722. The van der Waals surface area contributed by atoms with Crippen molar-refractivity contribution in [2.75, 3.05) is 26.7 Å². The van der Waals surface area contributed by atoms with Crippen LogP contribution >= 0.6 is 11.3 Å². The Morgan fingerprint density at radius 3 is 2.90 bits per heavy atom. The second-order valence-electron chi connectivity index (χ2n) is 4.29. The monoisotopic (exact) mass is 296 g/mol. The van der Waals surface area contributed by atoms with Gasteiger partial charge in [0.05, 0.1) is 13.7 Å². The molecule has 0 atom stereocenters. The Bertz CT molecular complexity index is 574. The van der Waals surface area contributed by atoms with Crippen LogP contribution in [-0.2, 0) is 11.3 Å². The molecule has 110 valence electrons. The second kappa shape index (κ2) is 6.71. The molecule has 20 heavy (non-hydrogen) atoms. The standard InChI is InChI=1S/C13H20N4O2S/c1-4-16(5-2)11(18)9-14-8-10-12(19-3)15-13-17(10)6-7-20-13/h6-7,14H,4-5,8-9H2,1-3H3. The van der Waals surface area contributed by atoms with Gasteiger partial charge in [-0.1, -0.05) is 0 Å². The molecule has 1 amide bonds. The molecule has 7 heteroatoms. The van der Waals surface area contributed by atoms with Gasteiger partial charge in [-0.05, 0) is 13.8 Å². The van der Waals surface area contributed by atoms with E-state index in [1.165, 1.54) is 0 Å². The van der Waals surface area contributed by atoms with Crippen molar-refractivity contribution in [1.82, 2.24) is 19.6 Å². The first-order chi connectivity index (χ1) is 9.71. The molecule has 2 aromatic heterocycles. The van der Waals surface area contributed by atoms with Gasteiger partial charge in [-0.3, -0.25) is 9.20 Å². The minimum atomic E-state index is 0.111. The van der Waals surface area contributed by atoms with E-state index in [-0.39, 0.29) is 5.91 Å². The van der Waals surface area contributed by atoms with Crippen molar-refractivity contribution < 1.29 is 9.53 Å². The summed E-state index contributed by atoms with van der Waals surface area (Å²) in [6, 6.07) is 0. The maximum absolute atomic E-state index is 11.9. The van der Waals surface area contributed by atoms with Crippen LogP contribution in [0.5, 0.6) is 5.88 Å². The van der Waals surface area contributed by atoms with E-state index in [1.54, 1.807) is 23.3 Å². The third-order valence-electron chi connectivity index (χ3n) is 3.20. The number of ether oxygens (including phenoxy) is 1. The highest BCUT2D eigenvalue weighted by Gasteiger charge is 2.14. The number of hydrogen-bond donors (Lipinski definition) is 1. The van der Waals surface area contributed by atoms with Crippen molar-refractivity contribution in [3.05, 3.63) is 17.3 Å². The molecule has 0 saturated carbocycles. The van der Waals surface area contributed by atoms with Gasteiger partial charge in [0, 0.05) is 31.2 Å². The normalized spacial score (nSPS) is 10.9. The molecule has 0 fully saturated rings. The Labute approximate surface area is 122 Å². The summed E-state index contributed by atoms with van der Waals surface area (Å²) >= 11 is 1.56. The topological polar surface area (TPSA) is 58.9 Å². The molecular weight excluding hydrogens is 276 g/mol. The number of nitrogens with one attached hydrogen (secondary N) is 1. The van der Waals surface area contributed by atoms with Crippen LogP contribution in [0, 0.1) is 0 Å². The van der Waals surface area contributed by atoms with Crippen LogP contribution in [0.25, 0.3) is 4.96 Å². The molecule has 6 nitrogen and oxygen atoms in total. The molecule has 0 aliphatic rings. The van der Waals surface area contributed by atoms with E-state index in [0.717, 1.165) is 23.7 Å². The van der Waals surface area contributed by atoms with E-state index < -0.39 is 0 Å². The number of carbonyl (C=O) groups is 1. The Kier molecular flexibility index (Phi) is 4.97. The predicted molar refractivity (Wildman–Crippen MR) is 79.3 cm³/mol. The molecule has 0 unspecified atom stereocenters. The van der Waals surface area contributed by atoms with E-state index in [4.69, 9.17) is 4.74 Å². The van der Waals surface area contributed by atoms with Crippen LogP contribution in [0.3, 0.4) is 0 Å². The zero-order valence-corrected chi connectivity index (χ0v) is 12.9. The highest BCUT2D eigenvalue weighted by molar-refractivity contribution is 7.15. The zero-order chi connectivity index (χ0) is 14.5. The van der Waals surface area contributed by atoms with E-state index in [2.05, 4.69) is 10.3 Å². The number of imidazole rings is 1. The van der Waals surface area contributed by atoms with Gasteiger partial charge < -0.3 is 15.0 Å². The second-order valence-corrected chi connectivity index (χ2v) is 5.17. The molecule has 0 radical (unpaired) electrons. The molecule has 0 bridgehead atoms. The number of nitrogens with zero attached hydrogens (tertiary/aromatic N) is 3. The number of carbonyl (C=O) groups excluding carboxylic acids is 1. The van der Waals surface area contributed by atoms with Crippen molar-refractivity contribution in [1.29, 1.82) is 0 Å². The number of rotatable bonds is 7. The van der Waals surface area contributed by atoms with Crippen molar-refractivity contribution in [2.45, 2.75) is 20.4 Å². The number of fused-ring (bicyclic) bond motifs is 1. The SMILES string of the molecule is CCN(CC)C(=O)CNCc1c(OC)nc2sccn12. The summed E-state index contributed by atoms with van der Waals surface area (Å²) in [5.41, 5.74) is 0.941. The van der Waals surface area contributed by atoms with Crippen LogP contribution in [0.1, 0.15) is 19.5 Å². The fourth-order valence-electron chi connectivity index (χ4n) is 2.11. The highest BCUT2D eigenvalue weighted by Crippen LogP contribution is 2.22. The largest absolute Gasteiger partial charge is 0.480 e. The van der Waals surface area contributed by atoms with Gasteiger partial charge in [-0.25, -0.2) is 0 Å². The fraction of sp³-hybridized carbons (Fsp3) is 0.538. The Balaban J connectivity index is 1.98. The van der Waals surface area contributed by atoms with Crippen LogP contribution < -0.4 is 10.1 Å². The number of hydrogen-bond acceptors (Lipinski definition) is 5. The van der Waals surface area contributed by atoms with Crippen LogP contribution in [-0.4, -0.2) is 46.9 Å². The summed E-state index contributed by atoms with van der Waals surface area (Å²) in [6.45, 7) is 6.31. The lowest BCUT2D eigenvalue weighted by Crippen LogP contribution is -2.37. The average molecular weight is 296 g/mol. The van der Waals surface area contributed by atoms with Crippen LogP contribution in [0.15, 0.2) is 11.6 Å². The minimum absolute atomic E-state index is 0.111. The highest BCUT2D eigenvalue weighted by atomic mass is 32.1. The quantitative estimate of drug-likeness (QED) is 0.838. The lowest BCUT2D eigenvalue weighted by atomic mass is 10.4. The smallest absolute Gasteiger partial charge is 0.237 e. The van der Waals surface area contributed by atoms with E-state index in [1.807, 2.05) is 29.8 Å². The van der Waals surface area contributed by atoms with Crippen molar-refractivity contribution in [3.63, 3.8) is 0 Å². The molecule has 2 aromatic rings. The molecule has 1 N–H and O–H groups in total. The van der Waals surface area contributed by atoms with Gasteiger partial charge in [-0.2, -0.15) is 4.98 Å². The lowest BCUT2D eigenvalue weighted by molar-refractivity contribution is -0.129. The van der Waals surface area contributed by atoms with Gasteiger partial charge in [0.25, 0.3) is 0 Å².